The molecule has 2 fully saturated rings. The third kappa shape index (κ3) is 2.56. The van der Waals surface area contributed by atoms with E-state index in [-0.39, 0.29) is 12.0 Å². The zero-order valence-corrected chi connectivity index (χ0v) is 11.5. The van der Waals surface area contributed by atoms with Gasteiger partial charge in [-0.15, -0.1) is 0 Å². The van der Waals surface area contributed by atoms with Gasteiger partial charge in [0, 0.05) is 25.7 Å². The van der Waals surface area contributed by atoms with Crippen molar-refractivity contribution in [1.82, 2.24) is 9.80 Å². The van der Waals surface area contributed by atoms with Gasteiger partial charge >= 0.3 is 6.18 Å². The van der Waals surface area contributed by atoms with Crippen molar-refractivity contribution in [3.05, 3.63) is 35.9 Å². The highest BCUT2D eigenvalue weighted by atomic mass is 19.4. The SMILES string of the molecule is CN1CC2CC(C1)N(Cc1ccccc1)C2C(F)(F)F. The van der Waals surface area contributed by atoms with Crippen molar-refractivity contribution >= 4 is 0 Å². The third-order valence-corrected chi connectivity index (χ3v) is 4.46. The summed E-state index contributed by atoms with van der Waals surface area (Å²) in [5.41, 5.74) is 0.956. The third-order valence-electron chi connectivity index (χ3n) is 4.46. The molecule has 1 aromatic carbocycles. The molecule has 2 bridgehead atoms. The van der Waals surface area contributed by atoms with E-state index in [0.717, 1.165) is 12.1 Å². The molecular weight excluding hydrogens is 265 g/mol. The summed E-state index contributed by atoms with van der Waals surface area (Å²) < 4.78 is 40.3. The minimum atomic E-state index is -4.14. The van der Waals surface area contributed by atoms with Crippen LogP contribution in [0.5, 0.6) is 0 Å². The number of fused-ring (bicyclic) bond motifs is 2. The molecule has 2 saturated heterocycles. The van der Waals surface area contributed by atoms with E-state index in [1.165, 1.54) is 0 Å². The van der Waals surface area contributed by atoms with Crippen LogP contribution in [0.1, 0.15) is 12.0 Å². The fourth-order valence-corrected chi connectivity index (χ4v) is 3.78. The first-order chi connectivity index (χ1) is 9.45. The molecule has 0 N–H and O–H groups in total. The monoisotopic (exact) mass is 284 g/mol. The molecule has 2 nitrogen and oxygen atoms in total. The van der Waals surface area contributed by atoms with Crippen LogP contribution in [0.2, 0.25) is 0 Å². The molecule has 2 heterocycles. The van der Waals surface area contributed by atoms with Crippen molar-refractivity contribution in [2.24, 2.45) is 5.92 Å². The van der Waals surface area contributed by atoms with Crippen LogP contribution >= 0.6 is 0 Å². The lowest BCUT2D eigenvalue weighted by Gasteiger charge is -2.31. The Morgan fingerprint density at radius 3 is 2.50 bits per heavy atom. The standard InChI is InChI=1S/C15H19F3N2/c1-19-9-12-7-13(10-19)20(14(12)15(16,17)18)8-11-5-3-2-4-6-11/h2-6,12-14H,7-10H2,1H3. The van der Waals surface area contributed by atoms with Crippen LogP contribution in [0.3, 0.4) is 0 Å². The van der Waals surface area contributed by atoms with Crippen LogP contribution in [0.15, 0.2) is 30.3 Å². The van der Waals surface area contributed by atoms with Gasteiger partial charge in [0.25, 0.3) is 0 Å². The Hall–Kier alpha value is -1.07. The molecule has 1 aromatic rings. The lowest BCUT2D eigenvalue weighted by Crippen LogP contribution is -2.46. The van der Waals surface area contributed by atoms with Crippen LogP contribution in [0.4, 0.5) is 13.2 Å². The van der Waals surface area contributed by atoms with E-state index in [1.54, 1.807) is 4.90 Å². The number of nitrogens with zero attached hydrogens (tertiary/aromatic N) is 2. The first-order valence-corrected chi connectivity index (χ1v) is 7.00. The average Bonchev–Trinajstić information content (AvgIpc) is 2.61. The fourth-order valence-electron chi connectivity index (χ4n) is 3.78. The van der Waals surface area contributed by atoms with Gasteiger partial charge in [-0.3, -0.25) is 4.90 Å². The van der Waals surface area contributed by atoms with E-state index in [2.05, 4.69) is 0 Å². The molecule has 2 aliphatic heterocycles. The maximum Gasteiger partial charge on any atom is 0.404 e. The van der Waals surface area contributed by atoms with Gasteiger partial charge in [0.05, 0.1) is 0 Å². The quantitative estimate of drug-likeness (QED) is 0.824. The van der Waals surface area contributed by atoms with Gasteiger partial charge in [-0.25, -0.2) is 0 Å². The molecule has 5 heteroatoms. The average molecular weight is 284 g/mol. The van der Waals surface area contributed by atoms with E-state index in [9.17, 15) is 13.2 Å². The molecule has 3 unspecified atom stereocenters. The Balaban J connectivity index is 1.86. The van der Waals surface area contributed by atoms with Gasteiger partial charge in [0.2, 0.25) is 0 Å². The van der Waals surface area contributed by atoms with Gasteiger partial charge in [-0.05, 0) is 24.9 Å². The van der Waals surface area contributed by atoms with Gasteiger partial charge in [-0.2, -0.15) is 13.2 Å². The highest BCUT2D eigenvalue weighted by molar-refractivity contribution is 5.16. The molecular formula is C15H19F3N2. The van der Waals surface area contributed by atoms with Crippen molar-refractivity contribution in [1.29, 1.82) is 0 Å². The van der Waals surface area contributed by atoms with Crippen LogP contribution < -0.4 is 0 Å². The number of hydrogen-bond donors (Lipinski definition) is 0. The second kappa shape index (κ2) is 5.04. The van der Waals surface area contributed by atoms with Gasteiger partial charge in [0.1, 0.15) is 6.04 Å². The number of rotatable bonds is 2. The largest absolute Gasteiger partial charge is 0.404 e. The Morgan fingerprint density at radius 2 is 1.85 bits per heavy atom. The number of piperidine rings is 1. The van der Waals surface area contributed by atoms with Crippen molar-refractivity contribution in [2.75, 3.05) is 20.1 Å². The summed E-state index contributed by atoms with van der Waals surface area (Å²) >= 11 is 0. The van der Waals surface area contributed by atoms with E-state index < -0.39 is 12.2 Å². The van der Waals surface area contributed by atoms with E-state index in [4.69, 9.17) is 0 Å². The smallest absolute Gasteiger partial charge is 0.304 e. The first kappa shape index (κ1) is 13.9. The minimum Gasteiger partial charge on any atom is -0.304 e. The molecule has 0 amide bonds. The maximum absolute atomic E-state index is 13.4. The highest BCUT2D eigenvalue weighted by Crippen LogP contribution is 2.43. The van der Waals surface area contributed by atoms with Gasteiger partial charge < -0.3 is 4.90 Å². The van der Waals surface area contributed by atoms with E-state index in [0.29, 0.717) is 19.5 Å². The molecule has 3 rings (SSSR count). The maximum atomic E-state index is 13.4. The number of likely N-dealkylation sites (tertiary alicyclic amines) is 2. The van der Waals surface area contributed by atoms with Crippen molar-refractivity contribution in [3.8, 4) is 0 Å². The lowest BCUT2D eigenvalue weighted by atomic mass is 9.95. The summed E-state index contributed by atoms with van der Waals surface area (Å²) in [5.74, 6) is -0.289. The normalized spacial score (nSPS) is 31.7. The number of likely N-dealkylation sites (N-methyl/N-ethyl adjacent to an activating group) is 1. The molecule has 0 saturated carbocycles. The number of benzene rings is 1. The molecule has 20 heavy (non-hydrogen) atoms. The molecule has 3 atom stereocenters. The predicted molar refractivity (Wildman–Crippen MR) is 71.2 cm³/mol. The summed E-state index contributed by atoms with van der Waals surface area (Å²) in [6, 6.07) is 8.18. The summed E-state index contributed by atoms with van der Waals surface area (Å²) in [6.07, 6.45) is -3.47. The number of hydrogen-bond acceptors (Lipinski definition) is 2. The van der Waals surface area contributed by atoms with Gasteiger partial charge in [-0.1, -0.05) is 30.3 Å². The van der Waals surface area contributed by atoms with E-state index >= 15 is 0 Å². The zero-order chi connectivity index (χ0) is 14.3. The van der Waals surface area contributed by atoms with Crippen molar-refractivity contribution in [2.45, 2.75) is 31.2 Å². The van der Waals surface area contributed by atoms with Crippen LogP contribution in [-0.2, 0) is 6.54 Å². The molecule has 0 spiro atoms. The first-order valence-electron chi connectivity index (χ1n) is 7.00. The van der Waals surface area contributed by atoms with Crippen LogP contribution in [-0.4, -0.2) is 48.2 Å². The Morgan fingerprint density at radius 1 is 1.15 bits per heavy atom. The minimum absolute atomic E-state index is 0.0191. The molecule has 0 radical (unpaired) electrons. The molecule has 0 aliphatic carbocycles. The summed E-state index contributed by atoms with van der Waals surface area (Å²) in [6.45, 7) is 1.67. The lowest BCUT2D eigenvalue weighted by molar-refractivity contribution is -0.187. The molecule has 0 aromatic heterocycles. The van der Waals surface area contributed by atoms with E-state index in [1.807, 2.05) is 42.3 Å². The zero-order valence-electron chi connectivity index (χ0n) is 11.5. The van der Waals surface area contributed by atoms with Gasteiger partial charge in [0.15, 0.2) is 0 Å². The fraction of sp³-hybridized carbons (Fsp3) is 0.600. The summed E-state index contributed by atoms with van der Waals surface area (Å²) in [5, 5.41) is 0. The second-order valence-corrected chi connectivity index (χ2v) is 6.02. The molecule has 110 valence electrons. The van der Waals surface area contributed by atoms with Crippen molar-refractivity contribution in [3.63, 3.8) is 0 Å². The Bertz CT molecular complexity index is 460. The number of alkyl halides is 3. The molecule has 2 aliphatic rings. The number of halogens is 3. The van der Waals surface area contributed by atoms with Crippen LogP contribution in [0, 0.1) is 5.92 Å². The van der Waals surface area contributed by atoms with Crippen LogP contribution in [0.25, 0.3) is 0 Å². The second-order valence-electron chi connectivity index (χ2n) is 6.02. The van der Waals surface area contributed by atoms with Crippen molar-refractivity contribution < 1.29 is 13.2 Å². The highest BCUT2D eigenvalue weighted by Gasteiger charge is 2.56. The Labute approximate surface area is 117 Å². The predicted octanol–water partition coefficient (Wildman–Crippen LogP) is 2.75. The summed E-state index contributed by atoms with van der Waals surface area (Å²) in [7, 11) is 1.92. The topological polar surface area (TPSA) is 6.48 Å². The summed E-state index contributed by atoms with van der Waals surface area (Å²) in [4.78, 5) is 3.70. The Kier molecular flexibility index (Phi) is 3.50.